The number of amides is 1. The molecular weight excluding hydrogens is 457 g/mol. The summed E-state index contributed by atoms with van der Waals surface area (Å²) in [6.07, 6.45) is -0.00190. The van der Waals surface area contributed by atoms with Gasteiger partial charge in [0, 0.05) is 26.1 Å². The zero-order valence-electron chi connectivity index (χ0n) is 18.2. The van der Waals surface area contributed by atoms with Crippen molar-refractivity contribution in [2.24, 2.45) is 5.92 Å². The van der Waals surface area contributed by atoms with Gasteiger partial charge in [-0.25, -0.2) is 26.3 Å². The Hall–Kier alpha value is -2.43. The average Bonchev–Trinajstić information content (AvgIpc) is 3.44. The van der Waals surface area contributed by atoms with Gasteiger partial charge in [-0.15, -0.1) is 0 Å². The van der Waals surface area contributed by atoms with Gasteiger partial charge in [0.2, 0.25) is 15.9 Å². The van der Waals surface area contributed by atoms with Crippen LogP contribution in [0.25, 0.3) is 11.1 Å². The summed E-state index contributed by atoms with van der Waals surface area (Å²) in [5.41, 5.74) is -2.22. The van der Waals surface area contributed by atoms with Crippen molar-refractivity contribution in [2.75, 3.05) is 25.9 Å². The van der Waals surface area contributed by atoms with Crippen molar-refractivity contribution in [3.8, 4) is 11.1 Å². The molecule has 4 atom stereocenters. The molecule has 2 fully saturated rings. The zero-order valence-corrected chi connectivity index (χ0v) is 19.0. The molecule has 0 bridgehead atoms. The standard InChI is InChI=1S/C23H25F3N2O4S/c1-14-12-28(13-15(32-14)11-27-33(2,30)31)22(29)18-10-23(18,26)17-7-4-3-6-16(17)21-19(24)8-5-9-20(21)25/h3-9,14-15,18,27H,10-13H2,1-2H3/t14-,15+,18-,23+/m0/s1. The Kier molecular flexibility index (Phi) is 6.28. The van der Waals surface area contributed by atoms with E-state index in [4.69, 9.17) is 4.74 Å². The van der Waals surface area contributed by atoms with E-state index >= 15 is 4.39 Å². The molecule has 1 saturated heterocycles. The first-order chi connectivity index (χ1) is 15.5. The lowest BCUT2D eigenvalue weighted by Crippen LogP contribution is -2.53. The van der Waals surface area contributed by atoms with Crippen LogP contribution >= 0.6 is 0 Å². The minimum Gasteiger partial charge on any atom is -0.370 e. The van der Waals surface area contributed by atoms with Crippen LogP contribution < -0.4 is 4.72 Å². The van der Waals surface area contributed by atoms with Crippen LogP contribution in [0, 0.1) is 17.6 Å². The fraction of sp³-hybridized carbons (Fsp3) is 0.435. The Balaban J connectivity index is 1.55. The number of rotatable bonds is 6. The van der Waals surface area contributed by atoms with E-state index in [0.717, 1.165) is 18.4 Å². The molecule has 1 aliphatic carbocycles. The molecule has 0 spiro atoms. The average molecular weight is 483 g/mol. The summed E-state index contributed by atoms with van der Waals surface area (Å²) in [5.74, 6) is -3.04. The van der Waals surface area contributed by atoms with Crippen molar-refractivity contribution in [1.29, 1.82) is 0 Å². The minimum atomic E-state index is -3.43. The number of morpholine rings is 1. The smallest absolute Gasteiger partial charge is 0.229 e. The van der Waals surface area contributed by atoms with Gasteiger partial charge in [0.05, 0.1) is 29.9 Å². The van der Waals surface area contributed by atoms with Crippen molar-refractivity contribution in [3.63, 3.8) is 0 Å². The van der Waals surface area contributed by atoms with Crippen LogP contribution in [0.2, 0.25) is 0 Å². The SMILES string of the molecule is C[C@H]1CN(C(=O)[C@@H]2C[C@@]2(F)c2ccccc2-c2c(F)cccc2F)C[C@@H](CNS(C)(=O)=O)O1. The normalized spacial score (nSPS) is 27.4. The van der Waals surface area contributed by atoms with Crippen LogP contribution in [-0.4, -0.2) is 57.3 Å². The van der Waals surface area contributed by atoms with E-state index in [1.807, 2.05) is 0 Å². The maximum atomic E-state index is 16.0. The number of ether oxygens (including phenoxy) is 1. The van der Waals surface area contributed by atoms with Crippen LogP contribution in [0.4, 0.5) is 13.2 Å². The summed E-state index contributed by atoms with van der Waals surface area (Å²) < 4.78 is 75.6. The van der Waals surface area contributed by atoms with E-state index in [0.29, 0.717) is 0 Å². The molecule has 33 heavy (non-hydrogen) atoms. The van der Waals surface area contributed by atoms with Crippen LogP contribution in [0.3, 0.4) is 0 Å². The van der Waals surface area contributed by atoms with E-state index in [1.54, 1.807) is 19.1 Å². The van der Waals surface area contributed by atoms with E-state index in [1.165, 1.54) is 23.1 Å². The summed E-state index contributed by atoms with van der Waals surface area (Å²) in [6, 6.07) is 9.49. The molecule has 2 aromatic rings. The van der Waals surface area contributed by atoms with E-state index < -0.39 is 45.3 Å². The van der Waals surface area contributed by atoms with Gasteiger partial charge in [0.25, 0.3) is 0 Å². The first-order valence-electron chi connectivity index (χ1n) is 10.6. The zero-order chi connectivity index (χ0) is 24.0. The van der Waals surface area contributed by atoms with E-state index in [9.17, 15) is 22.0 Å². The number of carbonyl (C=O) groups is 1. The fourth-order valence-corrected chi connectivity index (χ4v) is 4.93. The molecule has 1 amide bonds. The van der Waals surface area contributed by atoms with Crippen molar-refractivity contribution in [2.45, 2.75) is 31.2 Å². The molecular formula is C23H25F3N2O4S. The summed E-state index contributed by atoms with van der Waals surface area (Å²) in [4.78, 5) is 14.6. The minimum absolute atomic E-state index is 0.00617. The molecule has 1 aliphatic heterocycles. The Labute approximate surface area is 190 Å². The first-order valence-corrected chi connectivity index (χ1v) is 12.5. The topological polar surface area (TPSA) is 75.7 Å². The van der Waals surface area contributed by atoms with Crippen molar-refractivity contribution in [1.82, 2.24) is 9.62 Å². The highest BCUT2D eigenvalue weighted by Gasteiger charge is 2.62. The van der Waals surface area contributed by atoms with E-state index in [-0.39, 0.29) is 48.8 Å². The van der Waals surface area contributed by atoms with Gasteiger partial charge in [-0.3, -0.25) is 4.79 Å². The number of halogens is 3. The van der Waals surface area contributed by atoms with Gasteiger partial charge in [-0.1, -0.05) is 30.3 Å². The van der Waals surface area contributed by atoms with Crippen molar-refractivity contribution < 1.29 is 31.1 Å². The fourth-order valence-electron chi connectivity index (χ4n) is 4.44. The van der Waals surface area contributed by atoms with Gasteiger partial charge in [-0.2, -0.15) is 0 Å². The molecule has 10 heteroatoms. The highest BCUT2D eigenvalue weighted by molar-refractivity contribution is 7.88. The second kappa shape index (κ2) is 8.73. The molecule has 6 nitrogen and oxygen atoms in total. The maximum absolute atomic E-state index is 16.0. The third kappa shape index (κ3) is 4.92. The first kappa shape index (κ1) is 23.7. The molecule has 1 heterocycles. The van der Waals surface area contributed by atoms with Gasteiger partial charge < -0.3 is 9.64 Å². The lowest BCUT2D eigenvalue weighted by Gasteiger charge is -2.37. The second-order valence-corrected chi connectivity index (χ2v) is 10.5. The molecule has 2 aromatic carbocycles. The Bertz CT molecular complexity index is 1160. The van der Waals surface area contributed by atoms with Crippen LogP contribution in [0.1, 0.15) is 18.9 Å². The molecule has 2 aliphatic rings. The number of hydrogen-bond donors (Lipinski definition) is 1. The van der Waals surface area contributed by atoms with Crippen LogP contribution in [-0.2, 0) is 25.2 Å². The molecule has 0 radical (unpaired) electrons. The summed E-state index contributed by atoms with van der Waals surface area (Å²) >= 11 is 0. The number of nitrogens with zero attached hydrogens (tertiary/aromatic N) is 1. The highest BCUT2D eigenvalue weighted by Crippen LogP contribution is 2.58. The van der Waals surface area contributed by atoms with Gasteiger partial charge in [0.15, 0.2) is 0 Å². The predicted octanol–water partition coefficient (Wildman–Crippen LogP) is 2.98. The third-order valence-corrected chi connectivity index (χ3v) is 6.70. The Morgan fingerprint density at radius 2 is 1.82 bits per heavy atom. The summed E-state index contributed by atoms with van der Waals surface area (Å²) in [7, 11) is -3.43. The summed E-state index contributed by atoms with van der Waals surface area (Å²) in [5, 5.41) is 0. The van der Waals surface area contributed by atoms with Crippen molar-refractivity contribution in [3.05, 3.63) is 59.7 Å². The number of sulfonamides is 1. The number of carbonyl (C=O) groups excluding carboxylic acids is 1. The Morgan fingerprint density at radius 1 is 1.15 bits per heavy atom. The second-order valence-electron chi connectivity index (χ2n) is 8.69. The van der Waals surface area contributed by atoms with E-state index in [2.05, 4.69) is 4.72 Å². The highest BCUT2D eigenvalue weighted by atomic mass is 32.2. The van der Waals surface area contributed by atoms with Gasteiger partial charge in [0.1, 0.15) is 17.3 Å². The lowest BCUT2D eigenvalue weighted by molar-refractivity contribution is -0.146. The molecule has 0 unspecified atom stereocenters. The van der Waals surface area contributed by atoms with Crippen LogP contribution in [0.15, 0.2) is 42.5 Å². The number of alkyl halides is 1. The monoisotopic (exact) mass is 482 g/mol. The largest absolute Gasteiger partial charge is 0.370 e. The molecule has 0 aromatic heterocycles. The number of nitrogens with one attached hydrogen (secondary N) is 1. The van der Waals surface area contributed by atoms with Crippen molar-refractivity contribution >= 4 is 15.9 Å². The van der Waals surface area contributed by atoms with Crippen LogP contribution in [0.5, 0.6) is 0 Å². The molecule has 1 saturated carbocycles. The predicted molar refractivity (Wildman–Crippen MR) is 116 cm³/mol. The molecule has 178 valence electrons. The van der Waals surface area contributed by atoms with Gasteiger partial charge >= 0.3 is 0 Å². The third-order valence-electron chi connectivity index (χ3n) is 6.01. The van der Waals surface area contributed by atoms with Gasteiger partial charge in [-0.05, 0) is 30.2 Å². The maximum Gasteiger partial charge on any atom is 0.229 e. The lowest BCUT2D eigenvalue weighted by atomic mass is 9.93. The Morgan fingerprint density at radius 3 is 2.48 bits per heavy atom. The summed E-state index contributed by atoms with van der Waals surface area (Å²) in [6.45, 7) is 2.10. The molecule has 1 N–H and O–H groups in total. The number of benzene rings is 2. The molecule has 4 rings (SSSR count). The quantitative estimate of drug-likeness (QED) is 0.687. The number of hydrogen-bond acceptors (Lipinski definition) is 4.